The van der Waals surface area contributed by atoms with E-state index in [1.165, 1.54) is 0 Å². The predicted octanol–water partition coefficient (Wildman–Crippen LogP) is 3.53. The molecule has 0 atom stereocenters. The lowest BCUT2D eigenvalue weighted by Crippen LogP contribution is -2.43. The Kier molecular flexibility index (Phi) is 6.44. The van der Waals surface area contributed by atoms with Crippen LogP contribution >= 0.6 is 0 Å². The van der Waals surface area contributed by atoms with E-state index in [2.05, 4.69) is 5.32 Å². The molecule has 1 fully saturated rings. The highest BCUT2D eigenvalue weighted by atomic mass is 16.5. The normalized spacial score (nSPS) is 14.5. The number of carbonyl (C=O) groups is 2. The molecule has 2 aromatic carbocycles. The van der Waals surface area contributed by atoms with Crippen LogP contribution in [0.2, 0.25) is 0 Å². The number of nitrogens with one attached hydrogen (secondary N) is 1. The number of hydrogen-bond donors (Lipinski definition) is 2. The molecule has 1 aliphatic heterocycles. The van der Waals surface area contributed by atoms with Crippen LogP contribution in [-0.4, -0.2) is 36.9 Å². The Morgan fingerprint density at radius 2 is 1.70 bits per heavy atom. The molecule has 142 valence electrons. The zero-order valence-corrected chi connectivity index (χ0v) is 15.1. The van der Waals surface area contributed by atoms with E-state index < -0.39 is 5.97 Å². The van der Waals surface area contributed by atoms with Crippen LogP contribution in [0.5, 0.6) is 0 Å². The van der Waals surface area contributed by atoms with Gasteiger partial charge < -0.3 is 15.2 Å². The van der Waals surface area contributed by atoms with Gasteiger partial charge in [0, 0.05) is 32.0 Å². The van der Waals surface area contributed by atoms with Crippen molar-refractivity contribution in [1.82, 2.24) is 5.32 Å². The summed E-state index contributed by atoms with van der Waals surface area (Å²) in [6.07, 6.45) is 1.90. The third-order valence-electron chi connectivity index (χ3n) is 4.74. The standard InChI is InChI=1S/C21H24N2O4/c24-20(25)18-8-6-16(7-9-18)14-22-21(26)23(19-4-2-1-3-5-19)15-17-10-12-27-13-11-17/h1-9,17H,10-15H2,(H,22,26)(H,24,25). The van der Waals surface area contributed by atoms with Crippen molar-refractivity contribution in [3.8, 4) is 0 Å². The number of para-hydroxylation sites is 1. The molecule has 27 heavy (non-hydrogen) atoms. The van der Waals surface area contributed by atoms with Crippen molar-refractivity contribution in [2.75, 3.05) is 24.7 Å². The zero-order valence-electron chi connectivity index (χ0n) is 15.1. The molecule has 1 aliphatic rings. The van der Waals surface area contributed by atoms with Crippen molar-refractivity contribution in [1.29, 1.82) is 0 Å². The summed E-state index contributed by atoms with van der Waals surface area (Å²) < 4.78 is 5.42. The van der Waals surface area contributed by atoms with Gasteiger partial charge in [0.05, 0.1) is 5.56 Å². The van der Waals surface area contributed by atoms with Crippen LogP contribution in [0, 0.1) is 5.92 Å². The van der Waals surface area contributed by atoms with E-state index in [0.717, 1.165) is 37.3 Å². The fraction of sp³-hybridized carbons (Fsp3) is 0.333. The molecule has 2 amide bonds. The van der Waals surface area contributed by atoms with Crippen LogP contribution in [0.1, 0.15) is 28.8 Å². The first-order valence-corrected chi connectivity index (χ1v) is 9.14. The topological polar surface area (TPSA) is 78.9 Å². The average molecular weight is 368 g/mol. The molecule has 0 spiro atoms. The fourth-order valence-corrected chi connectivity index (χ4v) is 3.14. The van der Waals surface area contributed by atoms with Gasteiger partial charge in [-0.05, 0) is 48.6 Å². The monoisotopic (exact) mass is 368 g/mol. The van der Waals surface area contributed by atoms with E-state index in [9.17, 15) is 9.59 Å². The largest absolute Gasteiger partial charge is 0.478 e. The summed E-state index contributed by atoms with van der Waals surface area (Å²) in [5.74, 6) is -0.545. The predicted molar refractivity (Wildman–Crippen MR) is 103 cm³/mol. The minimum Gasteiger partial charge on any atom is -0.478 e. The molecular weight excluding hydrogens is 344 g/mol. The lowest BCUT2D eigenvalue weighted by atomic mass is 9.99. The molecule has 2 N–H and O–H groups in total. The second-order valence-corrected chi connectivity index (χ2v) is 6.66. The maximum Gasteiger partial charge on any atom is 0.335 e. The number of carboxylic acids is 1. The maximum atomic E-state index is 12.9. The first kappa shape index (κ1) is 18.9. The molecular formula is C21H24N2O4. The lowest BCUT2D eigenvalue weighted by Gasteiger charge is -2.30. The van der Waals surface area contributed by atoms with Gasteiger partial charge in [0.15, 0.2) is 0 Å². The molecule has 6 heteroatoms. The van der Waals surface area contributed by atoms with Gasteiger partial charge in [-0.25, -0.2) is 9.59 Å². The van der Waals surface area contributed by atoms with Crippen molar-refractivity contribution in [2.45, 2.75) is 19.4 Å². The van der Waals surface area contributed by atoms with Crippen LogP contribution < -0.4 is 10.2 Å². The maximum absolute atomic E-state index is 12.9. The van der Waals surface area contributed by atoms with Gasteiger partial charge in [0.1, 0.15) is 0 Å². The van der Waals surface area contributed by atoms with Gasteiger partial charge in [0.25, 0.3) is 0 Å². The highest BCUT2D eigenvalue weighted by Crippen LogP contribution is 2.21. The van der Waals surface area contributed by atoms with Crippen LogP contribution in [0.15, 0.2) is 54.6 Å². The molecule has 0 unspecified atom stereocenters. The summed E-state index contributed by atoms with van der Waals surface area (Å²) in [6.45, 7) is 2.47. The van der Waals surface area contributed by atoms with Crippen molar-refractivity contribution >= 4 is 17.7 Å². The van der Waals surface area contributed by atoms with Crippen LogP contribution in [0.25, 0.3) is 0 Å². The lowest BCUT2D eigenvalue weighted by molar-refractivity contribution is 0.0684. The first-order valence-electron chi connectivity index (χ1n) is 9.14. The van der Waals surface area contributed by atoms with E-state index >= 15 is 0 Å². The summed E-state index contributed by atoms with van der Waals surface area (Å²) in [6, 6.07) is 16.0. The van der Waals surface area contributed by atoms with Crippen molar-refractivity contribution in [3.05, 3.63) is 65.7 Å². The number of rotatable bonds is 6. The smallest absolute Gasteiger partial charge is 0.335 e. The minimum absolute atomic E-state index is 0.157. The van der Waals surface area contributed by atoms with Gasteiger partial charge in [-0.15, -0.1) is 0 Å². The summed E-state index contributed by atoms with van der Waals surface area (Å²) in [5, 5.41) is 11.9. The molecule has 0 aromatic heterocycles. The molecule has 2 aromatic rings. The molecule has 0 bridgehead atoms. The number of urea groups is 1. The van der Waals surface area contributed by atoms with Gasteiger partial charge in [-0.1, -0.05) is 30.3 Å². The fourth-order valence-electron chi connectivity index (χ4n) is 3.14. The Bertz CT molecular complexity index is 756. The molecule has 1 heterocycles. The highest BCUT2D eigenvalue weighted by molar-refractivity contribution is 5.92. The summed E-state index contributed by atoms with van der Waals surface area (Å²) in [5.41, 5.74) is 1.95. The van der Waals surface area contributed by atoms with Crippen LogP contribution in [0.3, 0.4) is 0 Å². The molecule has 0 aliphatic carbocycles. The van der Waals surface area contributed by atoms with Gasteiger partial charge in [0.2, 0.25) is 0 Å². The number of aromatic carboxylic acids is 1. The third kappa shape index (κ3) is 5.31. The molecule has 1 saturated heterocycles. The summed E-state index contributed by atoms with van der Waals surface area (Å²) in [7, 11) is 0. The van der Waals surface area contributed by atoms with Crippen LogP contribution in [0.4, 0.5) is 10.5 Å². The van der Waals surface area contributed by atoms with Crippen molar-refractivity contribution in [3.63, 3.8) is 0 Å². The number of carboxylic acid groups (broad SMARTS) is 1. The summed E-state index contributed by atoms with van der Waals surface area (Å²) in [4.78, 5) is 25.6. The van der Waals surface area contributed by atoms with E-state index in [1.807, 2.05) is 30.3 Å². The summed E-state index contributed by atoms with van der Waals surface area (Å²) >= 11 is 0. The van der Waals surface area contributed by atoms with Gasteiger partial charge in [-0.3, -0.25) is 4.90 Å². The first-order chi connectivity index (χ1) is 13.1. The van der Waals surface area contributed by atoms with Crippen molar-refractivity contribution < 1.29 is 19.4 Å². The Labute approximate surface area is 158 Å². The minimum atomic E-state index is -0.961. The SMILES string of the molecule is O=C(O)c1ccc(CNC(=O)N(CC2CCOCC2)c2ccccc2)cc1. The number of anilines is 1. The molecule has 0 radical (unpaired) electrons. The Balaban J connectivity index is 1.65. The van der Waals surface area contributed by atoms with Crippen molar-refractivity contribution in [2.24, 2.45) is 5.92 Å². The average Bonchev–Trinajstić information content (AvgIpc) is 2.72. The number of nitrogens with zero attached hydrogens (tertiary/aromatic N) is 1. The number of amides is 2. The van der Waals surface area contributed by atoms with E-state index in [-0.39, 0.29) is 11.6 Å². The van der Waals surface area contributed by atoms with E-state index in [1.54, 1.807) is 29.2 Å². The third-order valence-corrected chi connectivity index (χ3v) is 4.74. The number of benzene rings is 2. The zero-order chi connectivity index (χ0) is 19.1. The van der Waals surface area contributed by atoms with E-state index in [0.29, 0.717) is 19.0 Å². The van der Waals surface area contributed by atoms with Crippen LogP contribution in [-0.2, 0) is 11.3 Å². The number of carbonyl (C=O) groups excluding carboxylic acids is 1. The highest BCUT2D eigenvalue weighted by Gasteiger charge is 2.22. The second-order valence-electron chi connectivity index (χ2n) is 6.66. The Morgan fingerprint density at radius 1 is 1.04 bits per heavy atom. The Hall–Kier alpha value is -2.86. The quantitative estimate of drug-likeness (QED) is 0.818. The Morgan fingerprint density at radius 3 is 2.33 bits per heavy atom. The molecule has 0 saturated carbocycles. The molecule has 6 nitrogen and oxygen atoms in total. The van der Waals surface area contributed by atoms with Gasteiger partial charge >= 0.3 is 12.0 Å². The molecule has 3 rings (SSSR count). The van der Waals surface area contributed by atoms with E-state index in [4.69, 9.17) is 9.84 Å². The van der Waals surface area contributed by atoms with Gasteiger partial charge in [-0.2, -0.15) is 0 Å². The number of ether oxygens (including phenoxy) is 1. The second kappa shape index (κ2) is 9.19. The number of hydrogen-bond acceptors (Lipinski definition) is 3.